The monoisotopic (exact) mass is 573 g/mol. The molecule has 2 atom stereocenters. The molecule has 2 aromatic rings. The van der Waals surface area contributed by atoms with E-state index in [0.717, 1.165) is 25.1 Å². The fraction of sp³-hybridized carbons (Fsp3) is 0.304. The van der Waals surface area contributed by atoms with Crippen LogP contribution in [0.1, 0.15) is 34.8 Å². The van der Waals surface area contributed by atoms with E-state index in [1.165, 1.54) is 18.2 Å². The molecule has 7 nitrogen and oxygen atoms in total. The van der Waals surface area contributed by atoms with Gasteiger partial charge in [0, 0.05) is 24.1 Å². The predicted molar refractivity (Wildman–Crippen MR) is 117 cm³/mol. The first-order valence-corrected chi connectivity index (χ1v) is 11.3. The van der Waals surface area contributed by atoms with Gasteiger partial charge in [-0.15, -0.1) is 0 Å². The van der Waals surface area contributed by atoms with Crippen LogP contribution in [0.4, 0.5) is 26.7 Å². The van der Waals surface area contributed by atoms with E-state index in [-0.39, 0.29) is 21.2 Å². The number of rotatable bonds is 5. The Hall–Kier alpha value is -3.35. The summed E-state index contributed by atoms with van der Waals surface area (Å²) in [7, 11) is 0. The molecular weight excluding hydrogens is 557 g/mol. The number of ketones is 1. The van der Waals surface area contributed by atoms with Crippen molar-refractivity contribution < 1.29 is 41.1 Å². The predicted octanol–water partition coefficient (Wildman–Crippen LogP) is 4.04. The standard InChI is InChI=1S/C23H17BrF5N3O4/c1-11(23(27,28)29)31(9-12-2-4-13(25)5-3-12)19(34)10-32-20(35)22(30-21(32)36)8-18(33)14-6-16(24)17(26)7-15(14)22/h2-7,11H,8-10H2,1H3,(H,30,36)/t11-,22?/m1/s1. The number of alkyl halides is 3. The second kappa shape index (κ2) is 8.95. The summed E-state index contributed by atoms with van der Waals surface area (Å²) in [5.41, 5.74) is -1.89. The van der Waals surface area contributed by atoms with Crippen molar-refractivity contribution in [1.29, 1.82) is 0 Å². The molecular formula is C23H17BrF5N3O4. The van der Waals surface area contributed by atoms with E-state index in [0.29, 0.717) is 9.80 Å². The zero-order valence-electron chi connectivity index (χ0n) is 18.5. The summed E-state index contributed by atoms with van der Waals surface area (Å²) < 4.78 is 68.0. The molecule has 13 heteroatoms. The number of amides is 4. The fourth-order valence-corrected chi connectivity index (χ4v) is 4.61. The van der Waals surface area contributed by atoms with Gasteiger partial charge in [0.25, 0.3) is 5.91 Å². The molecule has 1 unspecified atom stereocenters. The van der Waals surface area contributed by atoms with Crippen LogP contribution in [0.15, 0.2) is 40.9 Å². The molecule has 0 bridgehead atoms. The van der Waals surface area contributed by atoms with Gasteiger partial charge in [-0.3, -0.25) is 19.3 Å². The quantitative estimate of drug-likeness (QED) is 0.432. The zero-order chi connectivity index (χ0) is 26.6. The molecule has 1 fully saturated rings. The molecule has 0 radical (unpaired) electrons. The molecule has 4 rings (SSSR count). The third kappa shape index (κ3) is 4.36. The number of hydrogen-bond acceptors (Lipinski definition) is 4. The number of imide groups is 1. The lowest BCUT2D eigenvalue weighted by molar-refractivity contribution is -0.187. The van der Waals surface area contributed by atoms with E-state index in [1.54, 1.807) is 0 Å². The average Bonchev–Trinajstić information content (AvgIpc) is 3.19. The van der Waals surface area contributed by atoms with Crippen molar-refractivity contribution in [3.63, 3.8) is 0 Å². The van der Waals surface area contributed by atoms with Gasteiger partial charge < -0.3 is 10.2 Å². The SMILES string of the molecule is C[C@@H](N(Cc1ccc(F)cc1)C(=O)CN1C(=O)NC2(CC(=O)c3cc(Br)c(F)cc32)C1=O)C(F)(F)F. The summed E-state index contributed by atoms with van der Waals surface area (Å²) >= 11 is 2.95. The molecule has 0 saturated carbocycles. The number of benzene rings is 2. The van der Waals surface area contributed by atoms with Gasteiger partial charge in [0.15, 0.2) is 11.3 Å². The summed E-state index contributed by atoms with van der Waals surface area (Å²) in [6, 6.07) is 3.12. The molecule has 2 aliphatic rings. The van der Waals surface area contributed by atoms with Crippen LogP contribution in [0.3, 0.4) is 0 Å². The molecule has 1 aliphatic carbocycles. The van der Waals surface area contributed by atoms with Crippen molar-refractivity contribution in [3.05, 3.63) is 69.2 Å². The molecule has 190 valence electrons. The maximum Gasteiger partial charge on any atom is 0.408 e. The Balaban J connectivity index is 1.63. The highest BCUT2D eigenvalue weighted by Gasteiger charge is 2.59. The normalized spacial score (nSPS) is 20.1. The highest BCUT2D eigenvalue weighted by Crippen LogP contribution is 2.43. The Labute approximate surface area is 209 Å². The van der Waals surface area contributed by atoms with Crippen LogP contribution < -0.4 is 5.32 Å². The number of nitrogens with one attached hydrogen (secondary N) is 1. The minimum atomic E-state index is -4.84. The molecule has 1 spiro atoms. The third-order valence-corrected chi connectivity index (χ3v) is 6.85. The number of Topliss-reactive ketones (excluding diaryl/α,β-unsaturated/α-hetero) is 1. The highest BCUT2D eigenvalue weighted by molar-refractivity contribution is 9.10. The summed E-state index contributed by atoms with van der Waals surface area (Å²) in [4.78, 5) is 52.3. The van der Waals surface area contributed by atoms with E-state index in [9.17, 15) is 41.1 Å². The van der Waals surface area contributed by atoms with Gasteiger partial charge in [-0.2, -0.15) is 13.2 Å². The molecule has 0 aromatic heterocycles. The van der Waals surface area contributed by atoms with Crippen LogP contribution in [0.5, 0.6) is 0 Å². The summed E-state index contributed by atoms with van der Waals surface area (Å²) in [5.74, 6) is -4.26. The van der Waals surface area contributed by atoms with Crippen molar-refractivity contribution in [2.24, 2.45) is 0 Å². The highest BCUT2D eigenvalue weighted by atomic mass is 79.9. The van der Waals surface area contributed by atoms with Crippen LogP contribution in [0, 0.1) is 11.6 Å². The van der Waals surface area contributed by atoms with E-state index >= 15 is 0 Å². The number of carbonyl (C=O) groups excluding carboxylic acids is 4. The minimum Gasteiger partial charge on any atom is -0.325 e. The van der Waals surface area contributed by atoms with Crippen LogP contribution in [-0.2, 0) is 21.7 Å². The van der Waals surface area contributed by atoms with Gasteiger partial charge in [0.05, 0.1) is 4.47 Å². The molecule has 2 aromatic carbocycles. The van der Waals surface area contributed by atoms with E-state index < -0.39 is 72.5 Å². The Kier molecular flexibility index (Phi) is 6.40. The smallest absolute Gasteiger partial charge is 0.325 e. The average molecular weight is 574 g/mol. The Morgan fingerprint density at radius 2 is 1.81 bits per heavy atom. The molecule has 1 N–H and O–H groups in total. The Bertz CT molecular complexity index is 1280. The maximum absolute atomic E-state index is 14.2. The van der Waals surface area contributed by atoms with Crippen LogP contribution in [0.25, 0.3) is 0 Å². The van der Waals surface area contributed by atoms with E-state index in [4.69, 9.17) is 0 Å². The van der Waals surface area contributed by atoms with Crippen LogP contribution in [0.2, 0.25) is 0 Å². The third-order valence-electron chi connectivity index (χ3n) is 6.24. The lowest BCUT2D eigenvalue weighted by atomic mass is 9.91. The number of nitrogens with zero attached hydrogens (tertiary/aromatic N) is 2. The van der Waals surface area contributed by atoms with Crippen molar-refractivity contribution >= 4 is 39.6 Å². The van der Waals surface area contributed by atoms with Crippen LogP contribution >= 0.6 is 15.9 Å². The van der Waals surface area contributed by atoms with Gasteiger partial charge in [0.2, 0.25) is 5.91 Å². The summed E-state index contributed by atoms with van der Waals surface area (Å²) in [6.45, 7) is -0.896. The molecule has 1 saturated heterocycles. The van der Waals surface area contributed by atoms with Gasteiger partial charge in [-0.25, -0.2) is 13.6 Å². The second-order valence-corrected chi connectivity index (χ2v) is 9.36. The largest absolute Gasteiger partial charge is 0.408 e. The zero-order valence-corrected chi connectivity index (χ0v) is 20.0. The Morgan fingerprint density at radius 3 is 2.42 bits per heavy atom. The lowest BCUT2D eigenvalue weighted by Crippen LogP contribution is -2.51. The van der Waals surface area contributed by atoms with Crippen molar-refractivity contribution in [1.82, 2.24) is 15.1 Å². The van der Waals surface area contributed by atoms with Crippen LogP contribution in [-0.4, -0.2) is 52.2 Å². The number of urea groups is 1. The van der Waals surface area contributed by atoms with Crippen molar-refractivity contribution in [2.75, 3.05) is 6.54 Å². The number of carbonyl (C=O) groups is 4. The number of fused-ring (bicyclic) bond motifs is 2. The molecule has 1 heterocycles. The number of halogens is 6. The molecule has 4 amide bonds. The van der Waals surface area contributed by atoms with Gasteiger partial charge in [-0.1, -0.05) is 12.1 Å². The molecule has 1 aliphatic heterocycles. The minimum absolute atomic E-state index is 0.00580. The first kappa shape index (κ1) is 25.7. The lowest BCUT2D eigenvalue weighted by Gasteiger charge is -2.32. The van der Waals surface area contributed by atoms with Gasteiger partial charge in [0.1, 0.15) is 24.2 Å². The van der Waals surface area contributed by atoms with Gasteiger partial charge >= 0.3 is 12.2 Å². The second-order valence-electron chi connectivity index (χ2n) is 8.50. The molecule has 36 heavy (non-hydrogen) atoms. The Morgan fingerprint density at radius 1 is 1.17 bits per heavy atom. The number of hydrogen-bond donors (Lipinski definition) is 1. The topological polar surface area (TPSA) is 86.8 Å². The first-order chi connectivity index (χ1) is 16.7. The summed E-state index contributed by atoms with van der Waals surface area (Å²) in [6.07, 6.45) is -5.37. The van der Waals surface area contributed by atoms with Crippen molar-refractivity contribution in [2.45, 2.75) is 37.6 Å². The summed E-state index contributed by atoms with van der Waals surface area (Å²) in [5, 5.41) is 2.32. The van der Waals surface area contributed by atoms with E-state index in [2.05, 4.69) is 21.2 Å². The first-order valence-electron chi connectivity index (χ1n) is 10.5. The fourth-order valence-electron chi connectivity index (χ4n) is 4.26. The van der Waals surface area contributed by atoms with Crippen molar-refractivity contribution in [3.8, 4) is 0 Å². The van der Waals surface area contributed by atoms with E-state index in [1.807, 2.05) is 0 Å². The maximum atomic E-state index is 14.2. The van der Waals surface area contributed by atoms with Gasteiger partial charge in [-0.05, 0) is 52.7 Å².